The van der Waals surface area contributed by atoms with Gasteiger partial charge in [-0.1, -0.05) is 59.7 Å². The van der Waals surface area contributed by atoms with Gasteiger partial charge in [0.2, 0.25) is 0 Å². The summed E-state index contributed by atoms with van der Waals surface area (Å²) in [6.07, 6.45) is 2.40. The first-order valence-corrected chi connectivity index (χ1v) is 15.3. The van der Waals surface area contributed by atoms with E-state index in [9.17, 15) is 0 Å². The van der Waals surface area contributed by atoms with Crippen molar-refractivity contribution in [1.82, 2.24) is 0 Å². The third-order valence-corrected chi connectivity index (χ3v) is 15.3. The summed E-state index contributed by atoms with van der Waals surface area (Å²) in [4.78, 5) is 0. The van der Waals surface area contributed by atoms with Crippen LogP contribution in [0.25, 0.3) is 0 Å². The van der Waals surface area contributed by atoms with Crippen LogP contribution in [0.1, 0.15) is 68.2 Å². The fourth-order valence-corrected chi connectivity index (χ4v) is 14.1. The van der Waals surface area contributed by atoms with Crippen LogP contribution in [0.5, 0.6) is 0 Å². The predicted molar refractivity (Wildman–Crippen MR) is 129 cm³/mol. The Kier molecular flexibility index (Phi) is 11.6. The van der Waals surface area contributed by atoms with Crippen molar-refractivity contribution in [3.8, 4) is 0 Å². The average molecular weight is 424 g/mol. The van der Waals surface area contributed by atoms with Gasteiger partial charge in [-0.25, -0.2) is 0 Å². The van der Waals surface area contributed by atoms with E-state index in [1.54, 1.807) is 0 Å². The van der Waals surface area contributed by atoms with Crippen molar-refractivity contribution < 1.29 is 8.85 Å². The van der Waals surface area contributed by atoms with Crippen molar-refractivity contribution in [2.45, 2.75) is 90.9 Å². The highest BCUT2D eigenvalue weighted by atomic mass is 28.3. The lowest BCUT2D eigenvalue weighted by Gasteiger charge is -2.52. The van der Waals surface area contributed by atoms with E-state index >= 15 is 0 Å². The molecule has 0 bridgehead atoms. The fraction of sp³-hybridized carbons (Fsp3) is 0.739. The molecule has 0 amide bonds. The number of benzene rings is 1. The minimum atomic E-state index is -1.72. The maximum absolute atomic E-state index is 5.87. The van der Waals surface area contributed by atoms with Crippen LogP contribution in [0.4, 0.5) is 5.69 Å². The van der Waals surface area contributed by atoms with Crippen LogP contribution in [-0.2, 0) is 8.85 Å². The van der Waals surface area contributed by atoms with Crippen LogP contribution < -0.4 is 4.57 Å². The van der Waals surface area contributed by atoms with Gasteiger partial charge >= 0.3 is 9.28 Å². The molecule has 0 fully saturated rings. The van der Waals surface area contributed by atoms with Gasteiger partial charge in [-0.05, 0) is 61.5 Å². The molecule has 0 N–H and O–H groups in total. The minimum absolute atomic E-state index is 0.710. The Labute approximate surface area is 177 Å². The van der Waals surface area contributed by atoms with Crippen molar-refractivity contribution >= 4 is 23.2 Å². The van der Waals surface area contributed by atoms with Gasteiger partial charge in [-0.15, -0.1) is 0 Å². The zero-order valence-electron chi connectivity index (χ0n) is 19.7. The van der Waals surface area contributed by atoms with Crippen molar-refractivity contribution in [3.05, 3.63) is 30.3 Å². The highest BCUT2D eigenvalue weighted by Crippen LogP contribution is 2.45. The molecule has 0 heterocycles. The molecule has 0 atom stereocenters. The summed E-state index contributed by atoms with van der Waals surface area (Å²) in [5.74, 6) is 0. The summed E-state index contributed by atoms with van der Waals surface area (Å²) in [5.41, 5.74) is 3.54. The number of para-hydroxylation sites is 1. The Hall–Kier alpha value is -0.626. The maximum atomic E-state index is 5.87. The number of hydrogen-bond donors (Lipinski definition) is 0. The van der Waals surface area contributed by atoms with E-state index in [2.05, 4.69) is 90.3 Å². The van der Waals surface area contributed by atoms with E-state index in [0.29, 0.717) is 16.6 Å². The first-order chi connectivity index (χ1) is 13.3. The Balaban J connectivity index is 3.01. The van der Waals surface area contributed by atoms with Gasteiger partial charge in [0.05, 0.1) is 0 Å². The summed E-state index contributed by atoms with van der Waals surface area (Å²) >= 11 is 0. The summed E-state index contributed by atoms with van der Waals surface area (Å²) in [5, 5.41) is 0. The molecule has 0 spiro atoms. The normalized spacial score (nSPS) is 12.6. The lowest BCUT2D eigenvalue weighted by Crippen LogP contribution is -2.61. The van der Waals surface area contributed by atoms with E-state index in [1.165, 1.54) is 18.5 Å². The Bertz CT molecular complexity index is 495. The van der Waals surface area contributed by atoms with Crippen LogP contribution in [0.3, 0.4) is 0 Å². The highest BCUT2D eigenvalue weighted by molar-refractivity contribution is 6.86. The summed E-state index contributed by atoms with van der Waals surface area (Å²) in [6.45, 7) is 21.6. The molecule has 0 aromatic heterocycles. The van der Waals surface area contributed by atoms with Crippen LogP contribution >= 0.6 is 0 Å². The molecule has 0 aliphatic carbocycles. The number of nitrogens with zero attached hydrogens (tertiary/aromatic N) is 1. The van der Waals surface area contributed by atoms with Crippen LogP contribution in [-0.4, -0.2) is 37.3 Å². The lowest BCUT2D eigenvalue weighted by molar-refractivity contribution is 0.212. The molecule has 1 aromatic rings. The SMILES string of the molecule is CCO[SiH](CCCCN(c1ccccc1)[Si](C(C)C)(C(C)C)C(C)C)OCC. The molecule has 1 aromatic carbocycles. The maximum Gasteiger partial charge on any atom is 0.321 e. The monoisotopic (exact) mass is 423 g/mol. The molecule has 0 saturated heterocycles. The van der Waals surface area contributed by atoms with Crippen LogP contribution in [0, 0.1) is 0 Å². The molecule has 0 aliphatic rings. The van der Waals surface area contributed by atoms with Crippen LogP contribution in [0.15, 0.2) is 30.3 Å². The van der Waals surface area contributed by atoms with Gasteiger partial charge in [0, 0.05) is 25.4 Å². The number of anilines is 1. The fourth-order valence-electron chi connectivity index (χ4n) is 5.26. The van der Waals surface area contributed by atoms with Crippen LogP contribution in [0.2, 0.25) is 22.7 Å². The molecule has 162 valence electrons. The third kappa shape index (κ3) is 6.44. The van der Waals surface area contributed by atoms with E-state index in [4.69, 9.17) is 8.85 Å². The molecule has 1 rings (SSSR count). The lowest BCUT2D eigenvalue weighted by atomic mass is 10.3. The molecule has 28 heavy (non-hydrogen) atoms. The summed E-state index contributed by atoms with van der Waals surface area (Å²) in [6, 6.07) is 12.3. The molecular formula is C23H45NO2Si2. The largest absolute Gasteiger partial charge is 0.397 e. The number of rotatable bonds is 14. The van der Waals surface area contributed by atoms with Gasteiger partial charge in [0.25, 0.3) is 0 Å². The molecular weight excluding hydrogens is 378 g/mol. The molecule has 0 saturated carbocycles. The first-order valence-electron chi connectivity index (χ1n) is 11.4. The van der Waals surface area contributed by atoms with E-state index in [1.807, 2.05) is 0 Å². The van der Waals surface area contributed by atoms with Gasteiger partial charge in [-0.3, -0.25) is 0 Å². The standard InChI is InChI=1S/C23H45NO2Si2/c1-9-25-27(26-10-2)19-15-14-18-24(23-16-12-11-13-17-23)28(20(3)4,21(5)6)22(7)8/h11-13,16-17,20-22,27H,9-10,14-15,18-19H2,1-8H3. The predicted octanol–water partition coefficient (Wildman–Crippen LogP) is 6.74. The Morgan fingerprint density at radius 1 is 0.821 bits per heavy atom. The Morgan fingerprint density at radius 3 is 1.75 bits per heavy atom. The average Bonchev–Trinajstić information content (AvgIpc) is 2.64. The second kappa shape index (κ2) is 12.8. The molecule has 0 radical (unpaired) electrons. The van der Waals surface area contributed by atoms with Crippen molar-refractivity contribution in [2.75, 3.05) is 24.3 Å². The van der Waals surface area contributed by atoms with E-state index in [0.717, 1.165) is 25.8 Å². The second-order valence-electron chi connectivity index (χ2n) is 8.67. The van der Waals surface area contributed by atoms with Gasteiger partial charge < -0.3 is 13.4 Å². The minimum Gasteiger partial charge on any atom is -0.397 e. The number of unbranched alkanes of at least 4 members (excludes halogenated alkanes) is 1. The molecule has 5 heteroatoms. The van der Waals surface area contributed by atoms with Crippen molar-refractivity contribution in [1.29, 1.82) is 0 Å². The van der Waals surface area contributed by atoms with Crippen molar-refractivity contribution in [2.24, 2.45) is 0 Å². The molecule has 0 unspecified atom stereocenters. The van der Waals surface area contributed by atoms with Gasteiger partial charge in [-0.2, -0.15) is 0 Å². The quantitative estimate of drug-likeness (QED) is 0.244. The highest BCUT2D eigenvalue weighted by Gasteiger charge is 2.48. The third-order valence-electron chi connectivity index (χ3n) is 6.09. The topological polar surface area (TPSA) is 21.7 Å². The van der Waals surface area contributed by atoms with Gasteiger partial charge in [0.15, 0.2) is 8.24 Å². The zero-order chi connectivity index (χ0) is 21.2. The second-order valence-corrected chi connectivity index (χ2v) is 16.6. The first kappa shape index (κ1) is 25.4. The molecule has 3 nitrogen and oxygen atoms in total. The van der Waals surface area contributed by atoms with Crippen molar-refractivity contribution in [3.63, 3.8) is 0 Å². The zero-order valence-corrected chi connectivity index (χ0v) is 21.9. The van der Waals surface area contributed by atoms with E-state index in [-0.39, 0.29) is 0 Å². The smallest absolute Gasteiger partial charge is 0.321 e. The number of hydrogen-bond acceptors (Lipinski definition) is 3. The summed E-state index contributed by atoms with van der Waals surface area (Å²) < 4.78 is 14.6. The summed E-state index contributed by atoms with van der Waals surface area (Å²) in [7, 11) is -3.20. The van der Waals surface area contributed by atoms with Gasteiger partial charge in [0.1, 0.15) is 0 Å². The molecule has 0 aliphatic heterocycles. The Morgan fingerprint density at radius 2 is 1.32 bits per heavy atom. The van der Waals surface area contributed by atoms with E-state index < -0.39 is 17.5 Å².